The van der Waals surface area contributed by atoms with Crippen LogP contribution < -0.4 is 9.80 Å². The number of methoxy groups -OCH3 is 1. The Hall–Kier alpha value is -2.14. The summed E-state index contributed by atoms with van der Waals surface area (Å²) in [5.41, 5.74) is 3.17. The van der Waals surface area contributed by atoms with Gasteiger partial charge in [-0.3, -0.25) is 4.98 Å². The van der Waals surface area contributed by atoms with Gasteiger partial charge in [0.05, 0.1) is 12.8 Å². The smallest absolute Gasteiger partial charge is 0.147 e. The molecule has 2 aliphatic heterocycles. The van der Waals surface area contributed by atoms with Crippen LogP contribution in [0.15, 0.2) is 42.9 Å². The summed E-state index contributed by atoms with van der Waals surface area (Å²) in [4.78, 5) is 13.5. The molecule has 24 heavy (non-hydrogen) atoms. The van der Waals surface area contributed by atoms with Crippen molar-refractivity contribution in [3.05, 3.63) is 48.4 Å². The van der Waals surface area contributed by atoms with E-state index in [-0.39, 0.29) is 5.41 Å². The van der Waals surface area contributed by atoms with Gasteiger partial charge in [0.1, 0.15) is 5.82 Å². The first-order valence-corrected chi connectivity index (χ1v) is 8.67. The number of anilines is 2. The third kappa shape index (κ3) is 2.63. The van der Waals surface area contributed by atoms with Gasteiger partial charge in [-0.2, -0.15) is 0 Å². The molecule has 1 saturated heterocycles. The maximum atomic E-state index is 5.30. The first-order valence-electron chi connectivity index (χ1n) is 8.67. The van der Waals surface area contributed by atoms with Gasteiger partial charge in [0.15, 0.2) is 0 Å². The number of para-hydroxylation sites is 1. The molecule has 3 heterocycles. The summed E-state index contributed by atoms with van der Waals surface area (Å²) in [6.07, 6.45) is 7.69. The predicted molar refractivity (Wildman–Crippen MR) is 95.7 cm³/mol. The third-order valence-electron chi connectivity index (χ3n) is 5.47. The van der Waals surface area contributed by atoms with Crippen molar-refractivity contribution < 1.29 is 4.74 Å². The van der Waals surface area contributed by atoms with E-state index in [4.69, 9.17) is 4.74 Å². The fraction of sp³-hybridized carbons (Fsp3) is 0.474. The molecule has 0 saturated carbocycles. The zero-order valence-corrected chi connectivity index (χ0v) is 14.2. The van der Waals surface area contributed by atoms with Gasteiger partial charge >= 0.3 is 0 Å². The lowest BCUT2D eigenvalue weighted by Crippen LogP contribution is -2.45. The van der Waals surface area contributed by atoms with Gasteiger partial charge in [0.2, 0.25) is 0 Å². The molecule has 0 bridgehead atoms. The molecule has 4 rings (SSSR count). The van der Waals surface area contributed by atoms with Gasteiger partial charge in [-0.05, 0) is 24.5 Å². The van der Waals surface area contributed by atoms with Crippen molar-refractivity contribution in [1.29, 1.82) is 0 Å². The zero-order valence-electron chi connectivity index (χ0n) is 14.2. The predicted octanol–water partition coefficient (Wildman–Crippen LogP) is 2.48. The molecule has 0 atom stereocenters. The minimum absolute atomic E-state index is 0.267. The molecule has 0 amide bonds. The Kier molecular flexibility index (Phi) is 4.10. The van der Waals surface area contributed by atoms with Gasteiger partial charge in [-0.15, -0.1) is 0 Å². The molecule has 0 N–H and O–H groups in total. The Labute approximate surface area is 143 Å². The molecule has 5 heteroatoms. The quantitative estimate of drug-likeness (QED) is 0.864. The van der Waals surface area contributed by atoms with E-state index in [1.54, 1.807) is 19.5 Å². The number of hydrogen-bond acceptors (Lipinski definition) is 5. The number of piperidine rings is 1. The summed E-state index contributed by atoms with van der Waals surface area (Å²) in [7, 11) is 1.77. The molecule has 5 nitrogen and oxygen atoms in total. The average Bonchev–Trinajstić information content (AvgIpc) is 2.95. The van der Waals surface area contributed by atoms with E-state index in [1.807, 2.05) is 6.20 Å². The van der Waals surface area contributed by atoms with Crippen molar-refractivity contribution >= 4 is 11.5 Å². The highest BCUT2D eigenvalue weighted by Gasteiger charge is 2.44. The van der Waals surface area contributed by atoms with E-state index in [0.717, 1.165) is 51.4 Å². The Morgan fingerprint density at radius 1 is 1.17 bits per heavy atom. The minimum atomic E-state index is 0.267. The van der Waals surface area contributed by atoms with Crippen LogP contribution in [0.2, 0.25) is 0 Å². The average molecular weight is 324 g/mol. The molecular weight excluding hydrogens is 300 g/mol. The van der Waals surface area contributed by atoms with E-state index >= 15 is 0 Å². The van der Waals surface area contributed by atoms with Crippen LogP contribution in [0.4, 0.5) is 11.5 Å². The number of aromatic nitrogens is 2. The number of rotatable bonds is 4. The van der Waals surface area contributed by atoms with Crippen molar-refractivity contribution in [1.82, 2.24) is 9.97 Å². The molecular formula is C19H24N4O. The maximum Gasteiger partial charge on any atom is 0.147 e. The number of hydrogen-bond donors (Lipinski definition) is 0. The molecule has 2 aromatic rings. The second kappa shape index (κ2) is 6.40. The van der Waals surface area contributed by atoms with Crippen LogP contribution in [0.3, 0.4) is 0 Å². The van der Waals surface area contributed by atoms with E-state index in [0.29, 0.717) is 0 Å². The van der Waals surface area contributed by atoms with Crippen LogP contribution in [0.1, 0.15) is 18.4 Å². The number of ether oxygens (including phenoxy) is 1. The molecule has 1 fully saturated rings. The molecule has 2 aliphatic rings. The van der Waals surface area contributed by atoms with Crippen LogP contribution in [-0.2, 0) is 10.2 Å². The summed E-state index contributed by atoms with van der Waals surface area (Å²) in [6.45, 7) is 4.90. The molecule has 0 radical (unpaired) electrons. The van der Waals surface area contributed by atoms with E-state index in [1.165, 1.54) is 11.3 Å². The lowest BCUT2D eigenvalue weighted by Gasteiger charge is -2.40. The number of benzene rings is 1. The summed E-state index contributed by atoms with van der Waals surface area (Å²) >= 11 is 0. The summed E-state index contributed by atoms with van der Waals surface area (Å²) < 4.78 is 5.30. The molecule has 1 aromatic heterocycles. The van der Waals surface area contributed by atoms with Crippen LogP contribution in [-0.4, -0.2) is 49.9 Å². The van der Waals surface area contributed by atoms with Crippen molar-refractivity contribution in [2.45, 2.75) is 18.3 Å². The normalized spacial score (nSPS) is 18.9. The van der Waals surface area contributed by atoms with Gasteiger partial charge in [-0.1, -0.05) is 18.2 Å². The lowest BCUT2D eigenvalue weighted by atomic mass is 9.74. The largest absolute Gasteiger partial charge is 0.383 e. The molecule has 0 aliphatic carbocycles. The SMILES string of the molecule is COCCN1CC2(CCN(c3cnccn3)CC2)c2ccccc21. The number of nitrogens with zero attached hydrogens (tertiary/aromatic N) is 4. The van der Waals surface area contributed by atoms with Crippen LogP contribution >= 0.6 is 0 Å². The van der Waals surface area contributed by atoms with Crippen LogP contribution in [0, 0.1) is 0 Å². The Balaban J connectivity index is 1.54. The highest BCUT2D eigenvalue weighted by molar-refractivity contribution is 5.63. The number of fused-ring (bicyclic) bond motifs is 2. The van der Waals surface area contributed by atoms with Gasteiger partial charge in [0, 0.05) is 56.8 Å². The minimum Gasteiger partial charge on any atom is -0.383 e. The Bertz CT molecular complexity index is 683. The van der Waals surface area contributed by atoms with Gasteiger partial charge in [-0.25, -0.2) is 4.98 Å². The third-order valence-corrected chi connectivity index (χ3v) is 5.47. The first-order chi connectivity index (χ1) is 11.8. The van der Waals surface area contributed by atoms with Gasteiger partial charge < -0.3 is 14.5 Å². The summed E-state index contributed by atoms with van der Waals surface area (Å²) in [6, 6.07) is 8.90. The highest BCUT2D eigenvalue weighted by Crippen LogP contribution is 2.47. The van der Waals surface area contributed by atoms with E-state index in [9.17, 15) is 0 Å². The Morgan fingerprint density at radius 3 is 2.75 bits per heavy atom. The lowest BCUT2D eigenvalue weighted by molar-refractivity contribution is 0.204. The molecule has 126 valence electrons. The Morgan fingerprint density at radius 2 is 2.00 bits per heavy atom. The summed E-state index contributed by atoms with van der Waals surface area (Å²) in [5.74, 6) is 0.995. The zero-order chi connectivity index (χ0) is 16.4. The topological polar surface area (TPSA) is 41.5 Å². The summed E-state index contributed by atoms with van der Waals surface area (Å²) in [5, 5.41) is 0. The standard InChI is InChI=1S/C19H24N4O/c1-24-13-12-23-15-19(16-4-2-3-5-17(16)23)6-10-22(11-7-19)18-14-20-8-9-21-18/h2-5,8-9,14H,6-7,10-13,15H2,1H3. The van der Waals surface area contributed by atoms with E-state index in [2.05, 4.69) is 44.0 Å². The van der Waals surface area contributed by atoms with Gasteiger partial charge in [0.25, 0.3) is 0 Å². The van der Waals surface area contributed by atoms with Crippen molar-refractivity contribution in [2.75, 3.05) is 49.7 Å². The molecule has 0 unspecified atom stereocenters. The van der Waals surface area contributed by atoms with Crippen molar-refractivity contribution in [3.63, 3.8) is 0 Å². The van der Waals surface area contributed by atoms with Crippen molar-refractivity contribution in [3.8, 4) is 0 Å². The highest BCUT2D eigenvalue weighted by atomic mass is 16.5. The fourth-order valence-electron chi connectivity index (χ4n) is 4.18. The fourth-order valence-corrected chi connectivity index (χ4v) is 4.18. The maximum absolute atomic E-state index is 5.30. The van der Waals surface area contributed by atoms with Crippen LogP contribution in [0.5, 0.6) is 0 Å². The van der Waals surface area contributed by atoms with E-state index < -0.39 is 0 Å². The second-order valence-electron chi connectivity index (χ2n) is 6.76. The first kappa shape index (κ1) is 15.4. The second-order valence-corrected chi connectivity index (χ2v) is 6.76. The van der Waals surface area contributed by atoms with Crippen molar-refractivity contribution in [2.24, 2.45) is 0 Å². The monoisotopic (exact) mass is 324 g/mol. The van der Waals surface area contributed by atoms with Crippen LogP contribution in [0.25, 0.3) is 0 Å². The molecule has 1 aromatic carbocycles. The molecule has 1 spiro atoms.